The van der Waals surface area contributed by atoms with E-state index < -0.39 is 5.60 Å². The van der Waals surface area contributed by atoms with Crippen molar-refractivity contribution in [1.82, 2.24) is 0 Å². The van der Waals surface area contributed by atoms with Gasteiger partial charge in [0.25, 0.3) is 0 Å². The molecule has 1 saturated carbocycles. The van der Waals surface area contributed by atoms with Gasteiger partial charge in [-0.2, -0.15) is 0 Å². The fraction of sp³-hybridized carbons (Fsp3) is 1.00. The molecular formula is C16H30NO3+. The summed E-state index contributed by atoms with van der Waals surface area (Å²) in [6.07, 6.45) is 6.60. The Morgan fingerprint density at radius 2 is 1.90 bits per heavy atom. The van der Waals surface area contributed by atoms with Gasteiger partial charge in [0.2, 0.25) is 0 Å². The summed E-state index contributed by atoms with van der Waals surface area (Å²) >= 11 is 0. The molecule has 2 aliphatic heterocycles. The van der Waals surface area contributed by atoms with Crippen molar-refractivity contribution >= 4 is 0 Å². The number of quaternary nitrogens is 1. The SMILES string of the molecule is COC1C2CCCCC2[NH+](C)C2OC(C(C)(C)O)CC12. The lowest BCUT2D eigenvalue weighted by molar-refractivity contribution is -0.968. The Labute approximate surface area is 122 Å². The zero-order valence-electron chi connectivity index (χ0n) is 13.3. The molecule has 2 N–H and O–H groups in total. The van der Waals surface area contributed by atoms with E-state index in [0.717, 1.165) is 6.42 Å². The fourth-order valence-corrected chi connectivity index (χ4v) is 4.91. The third-order valence-electron chi connectivity index (χ3n) is 5.94. The smallest absolute Gasteiger partial charge is 0.197 e. The molecule has 3 aliphatic rings. The minimum Gasteiger partial charge on any atom is -0.388 e. The monoisotopic (exact) mass is 284 g/mol. The summed E-state index contributed by atoms with van der Waals surface area (Å²) in [6.45, 7) is 3.72. The molecule has 0 aromatic rings. The van der Waals surface area contributed by atoms with Gasteiger partial charge in [-0.1, -0.05) is 6.42 Å². The topological polar surface area (TPSA) is 43.1 Å². The Bertz CT molecular complexity index is 354. The van der Waals surface area contributed by atoms with Crippen LogP contribution in [0.4, 0.5) is 0 Å². The van der Waals surface area contributed by atoms with Crippen molar-refractivity contribution in [3.8, 4) is 0 Å². The van der Waals surface area contributed by atoms with Gasteiger partial charge in [-0.05, 0) is 39.5 Å². The van der Waals surface area contributed by atoms with Crippen LogP contribution < -0.4 is 4.90 Å². The number of ether oxygens (including phenoxy) is 2. The van der Waals surface area contributed by atoms with Crippen LogP contribution in [0.25, 0.3) is 0 Å². The number of aliphatic hydroxyl groups is 1. The molecule has 2 heterocycles. The van der Waals surface area contributed by atoms with Gasteiger partial charge in [-0.15, -0.1) is 0 Å². The van der Waals surface area contributed by atoms with Crippen LogP contribution in [-0.4, -0.2) is 49.3 Å². The van der Waals surface area contributed by atoms with Gasteiger partial charge < -0.3 is 19.5 Å². The average molecular weight is 284 g/mol. The van der Waals surface area contributed by atoms with Gasteiger partial charge >= 0.3 is 0 Å². The third-order valence-corrected chi connectivity index (χ3v) is 5.94. The molecule has 0 amide bonds. The van der Waals surface area contributed by atoms with E-state index in [-0.39, 0.29) is 12.3 Å². The molecule has 0 spiro atoms. The second-order valence-electron chi connectivity index (χ2n) is 7.60. The zero-order valence-corrected chi connectivity index (χ0v) is 13.3. The highest BCUT2D eigenvalue weighted by molar-refractivity contribution is 4.97. The molecule has 2 saturated heterocycles. The molecule has 116 valence electrons. The van der Waals surface area contributed by atoms with Crippen LogP contribution in [0.1, 0.15) is 46.0 Å². The quantitative estimate of drug-likeness (QED) is 0.780. The van der Waals surface area contributed by atoms with Crippen molar-refractivity contribution < 1.29 is 19.5 Å². The van der Waals surface area contributed by atoms with Crippen molar-refractivity contribution in [2.45, 2.75) is 76.0 Å². The standard InChI is InChI=1S/C16H29NO3/c1-16(2,18)13-9-11-14(19-4)10-7-5-6-8-12(10)17(3)15(11)20-13/h10-15,18H,5-9H2,1-4H3/p+1. The van der Waals surface area contributed by atoms with Gasteiger partial charge in [-0.25, -0.2) is 0 Å². The van der Waals surface area contributed by atoms with Crippen LogP contribution in [0.5, 0.6) is 0 Å². The molecule has 0 aromatic heterocycles. The number of nitrogens with one attached hydrogen (secondary N) is 1. The lowest BCUT2D eigenvalue weighted by Crippen LogP contribution is -3.20. The van der Waals surface area contributed by atoms with E-state index >= 15 is 0 Å². The Balaban J connectivity index is 1.85. The molecule has 0 radical (unpaired) electrons. The normalized spacial score (nSPS) is 48.8. The average Bonchev–Trinajstić information content (AvgIpc) is 2.85. The van der Waals surface area contributed by atoms with E-state index in [2.05, 4.69) is 7.05 Å². The predicted octanol–water partition coefficient (Wildman–Crippen LogP) is 0.591. The van der Waals surface area contributed by atoms with Crippen LogP contribution in [0.15, 0.2) is 0 Å². The second-order valence-corrected chi connectivity index (χ2v) is 7.60. The highest BCUT2D eigenvalue weighted by Gasteiger charge is 2.58. The van der Waals surface area contributed by atoms with Crippen LogP contribution >= 0.6 is 0 Å². The van der Waals surface area contributed by atoms with Crippen molar-refractivity contribution in [1.29, 1.82) is 0 Å². The maximum absolute atomic E-state index is 10.3. The number of fused-ring (bicyclic) bond motifs is 2. The Kier molecular flexibility index (Phi) is 3.87. The van der Waals surface area contributed by atoms with Gasteiger partial charge in [0.15, 0.2) is 6.23 Å². The summed E-state index contributed by atoms with van der Waals surface area (Å²) in [4.78, 5) is 1.51. The molecule has 3 rings (SSSR count). The van der Waals surface area contributed by atoms with E-state index in [1.54, 1.807) is 0 Å². The summed E-state index contributed by atoms with van der Waals surface area (Å²) < 4.78 is 12.2. The molecule has 3 fully saturated rings. The summed E-state index contributed by atoms with van der Waals surface area (Å²) in [7, 11) is 4.13. The number of piperidine rings is 1. The van der Waals surface area contributed by atoms with Gasteiger partial charge in [-0.3, -0.25) is 0 Å². The predicted molar refractivity (Wildman–Crippen MR) is 76.5 cm³/mol. The van der Waals surface area contributed by atoms with Crippen LogP contribution in [0.3, 0.4) is 0 Å². The van der Waals surface area contributed by atoms with E-state index in [4.69, 9.17) is 9.47 Å². The van der Waals surface area contributed by atoms with Gasteiger partial charge in [0.1, 0.15) is 0 Å². The molecule has 4 heteroatoms. The summed E-state index contributed by atoms with van der Waals surface area (Å²) in [5.74, 6) is 1.09. The highest BCUT2D eigenvalue weighted by Crippen LogP contribution is 2.41. The number of likely N-dealkylation sites (tertiary alicyclic amines) is 1. The molecular weight excluding hydrogens is 254 g/mol. The second kappa shape index (κ2) is 5.24. The Morgan fingerprint density at radius 1 is 1.20 bits per heavy atom. The first kappa shape index (κ1) is 14.8. The first-order valence-electron chi connectivity index (χ1n) is 8.17. The minimum absolute atomic E-state index is 0.0646. The van der Waals surface area contributed by atoms with Crippen LogP contribution in [0, 0.1) is 11.8 Å². The van der Waals surface area contributed by atoms with Crippen LogP contribution in [-0.2, 0) is 9.47 Å². The highest BCUT2D eigenvalue weighted by atomic mass is 16.5. The summed E-state index contributed by atoms with van der Waals surface area (Å²) in [5.41, 5.74) is -0.763. The summed E-state index contributed by atoms with van der Waals surface area (Å²) in [6, 6.07) is 0.663. The number of hydrogen-bond acceptors (Lipinski definition) is 3. The van der Waals surface area contributed by atoms with Gasteiger partial charge in [0, 0.05) is 13.0 Å². The lowest BCUT2D eigenvalue weighted by Gasteiger charge is -2.48. The largest absolute Gasteiger partial charge is 0.388 e. The zero-order chi connectivity index (χ0) is 14.5. The van der Waals surface area contributed by atoms with Crippen molar-refractivity contribution in [3.05, 3.63) is 0 Å². The van der Waals surface area contributed by atoms with E-state index in [1.807, 2.05) is 21.0 Å². The molecule has 20 heavy (non-hydrogen) atoms. The maximum atomic E-state index is 10.3. The fourth-order valence-electron chi connectivity index (χ4n) is 4.91. The molecule has 7 unspecified atom stereocenters. The van der Waals surface area contributed by atoms with E-state index in [0.29, 0.717) is 24.0 Å². The van der Waals surface area contributed by atoms with Gasteiger partial charge in [0.05, 0.1) is 36.8 Å². The molecule has 4 nitrogen and oxygen atoms in total. The Morgan fingerprint density at radius 3 is 2.55 bits per heavy atom. The number of rotatable bonds is 2. The first-order chi connectivity index (χ1) is 9.43. The molecule has 0 bridgehead atoms. The minimum atomic E-state index is -0.763. The Hall–Kier alpha value is -0.160. The van der Waals surface area contributed by atoms with Crippen molar-refractivity contribution in [2.24, 2.45) is 11.8 Å². The molecule has 0 aromatic carbocycles. The van der Waals surface area contributed by atoms with E-state index in [1.165, 1.54) is 30.6 Å². The number of hydrogen-bond donors (Lipinski definition) is 2. The summed E-state index contributed by atoms with van der Waals surface area (Å²) in [5, 5.41) is 10.3. The van der Waals surface area contributed by atoms with E-state index in [9.17, 15) is 5.11 Å². The molecule has 1 aliphatic carbocycles. The van der Waals surface area contributed by atoms with Crippen LogP contribution in [0.2, 0.25) is 0 Å². The van der Waals surface area contributed by atoms with Crippen molar-refractivity contribution in [2.75, 3.05) is 14.2 Å². The first-order valence-corrected chi connectivity index (χ1v) is 8.17. The molecule has 7 atom stereocenters. The lowest BCUT2D eigenvalue weighted by atomic mass is 9.71. The van der Waals surface area contributed by atoms with Crippen molar-refractivity contribution in [3.63, 3.8) is 0 Å². The number of methoxy groups -OCH3 is 1. The third kappa shape index (κ3) is 2.31. The maximum Gasteiger partial charge on any atom is 0.197 e.